The van der Waals surface area contributed by atoms with E-state index in [1.54, 1.807) is 97.1 Å². The van der Waals surface area contributed by atoms with E-state index in [1.807, 2.05) is 0 Å². The summed E-state index contributed by atoms with van der Waals surface area (Å²) in [6, 6.07) is 28.2. The van der Waals surface area contributed by atoms with E-state index < -0.39 is 34.8 Å². The second-order valence-corrected chi connectivity index (χ2v) is 43.1. The minimum absolute atomic E-state index is 0. The molecule has 4 N–H and O–H groups in total. The smallest absolute Gasteiger partial charge is 0.331 e. The van der Waals surface area contributed by atoms with Crippen molar-refractivity contribution in [2.45, 2.75) is 281 Å². The molecule has 764 valence electrons. The third kappa shape index (κ3) is 43.7. The van der Waals surface area contributed by atoms with Crippen LogP contribution in [0.1, 0.15) is 353 Å². The van der Waals surface area contributed by atoms with Crippen LogP contribution in [0.5, 0.6) is 0 Å². The van der Waals surface area contributed by atoms with E-state index in [-0.39, 0.29) is 71.3 Å². The number of unbranched alkanes of at least 4 members (excludes halogenated alkanes) is 33. The minimum atomic E-state index is -6.59. The number of hydrogen-bond donors (Lipinski definition) is 2. The van der Waals surface area contributed by atoms with Gasteiger partial charge in [0, 0.05) is 38.6 Å². The van der Waals surface area contributed by atoms with E-state index in [9.17, 15) is 81.5 Å². The fourth-order valence-electron chi connectivity index (χ4n) is 17.1. The number of benzene rings is 4. The molecule has 0 atom stereocenters. The molecule has 0 aliphatic carbocycles. The molecule has 0 unspecified atom stereocenters. The van der Waals surface area contributed by atoms with Crippen molar-refractivity contribution in [3.05, 3.63) is 142 Å². The van der Waals surface area contributed by atoms with Crippen LogP contribution < -0.4 is 11.5 Å². The van der Waals surface area contributed by atoms with Crippen LogP contribution in [0.2, 0.25) is 0 Å². The van der Waals surface area contributed by atoms with Crippen molar-refractivity contribution in [1.29, 1.82) is 0 Å². The largest absolute Gasteiger partial charge is 0.512 e. The molecule has 0 spiro atoms. The number of alkyl halides is 7. The molecule has 34 heteroatoms. The quantitative estimate of drug-likeness (QED) is 0.0137. The zero-order chi connectivity index (χ0) is 98.6. The Morgan fingerprint density at radius 1 is 0.274 bits per heavy atom. The maximum absolute atomic E-state index is 12.7. The first-order valence-corrected chi connectivity index (χ1v) is 53.8. The number of amides is 8. The molecule has 4 aliphatic rings. The predicted molar refractivity (Wildman–Crippen MR) is 536 cm³/mol. The first-order chi connectivity index (χ1) is 63.8. The molecule has 4 aliphatic heterocycles. The predicted octanol–water partition coefficient (Wildman–Crippen LogP) is 20.4. The van der Waals surface area contributed by atoms with Crippen molar-refractivity contribution in [2.24, 2.45) is 11.5 Å². The average Bonchev–Trinajstić information content (AvgIpc) is 1.72. The zero-order valence-corrected chi connectivity index (χ0v) is 87.0. The van der Waals surface area contributed by atoms with Crippen molar-refractivity contribution in [3.63, 3.8) is 0 Å². The number of carbonyl (C=O) groups excluding carboxylic acids is 8. The highest BCUT2D eigenvalue weighted by molar-refractivity contribution is 9.09. The number of imide groups is 4. The number of nitrogens with zero attached hydrogens (tertiary/aromatic N) is 10. The second kappa shape index (κ2) is 64.8. The van der Waals surface area contributed by atoms with Gasteiger partial charge < -0.3 is 35.1 Å². The molecular formula is C101H162Br2F6N12O12S2+2. The first kappa shape index (κ1) is 121. The minimum Gasteiger partial charge on any atom is -0.331 e. The van der Waals surface area contributed by atoms with Crippen molar-refractivity contribution >= 4 is 100 Å². The number of carbonyl (C=O) groups is 8. The van der Waals surface area contributed by atoms with E-state index in [0.717, 1.165) is 144 Å². The number of hydrogen-bond acceptors (Lipinski definition) is 17. The molecule has 0 fully saturated rings. The molecule has 0 bridgehead atoms. The summed E-state index contributed by atoms with van der Waals surface area (Å²) in [5, 5.41) is 1.11. The highest BCUT2D eigenvalue weighted by atomic mass is 79.9. The molecule has 0 saturated carbocycles. The van der Waals surface area contributed by atoms with Gasteiger partial charge in [-0.25, -0.2) is 16.8 Å². The maximum atomic E-state index is 12.7. The van der Waals surface area contributed by atoms with Gasteiger partial charge in [-0.1, -0.05) is 209 Å². The summed E-state index contributed by atoms with van der Waals surface area (Å²) < 4.78 is 112. The van der Waals surface area contributed by atoms with Gasteiger partial charge in [-0.3, -0.25) is 58.0 Å². The Balaban J connectivity index is 0.000000401. The van der Waals surface area contributed by atoms with Crippen LogP contribution >= 0.6 is 32.9 Å². The highest BCUT2D eigenvalue weighted by Crippen LogP contribution is 2.35. The van der Waals surface area contributed by atoms with E-state index in [0.29, 0.717) is 70.7 Å². The SMILES string of the molecule is Br.CN(S(=O)(=O)C(F)(F)F)S(=O)(=O)C(F)(F)F.C[N+](C)(C)CCCCCCCCCCCCN(CCCCN)CCCCN.C[N+](C)(C)CCCCCCCCCCCCN(CCCCN1C(=O)c2ccccc2C1=O)CCCCN1C(=O)c2ccccc2C1=O.O=C1c2ccccc2C(=O)N1CCCCN(CCCCCCCCCCCCBr)CCCCN1C(=O)c2ccccc2C1=O. The molecule has 4 aromatic rings. The Kier molecular flexibility index (Phi) is 58.0. The van der Waals surface area contributed by atoms with Crippen LogP contribution in [0.15, 0.2) is 97.1 Å². The summed E-state index contributed by atoms with van der Waals surface area (Å²) >= 11 is 3.50. The fraction of sp³-hybridized carbons (Fsp3) is 0.683. The standard InChI is InChI=1S/C39H57N4O4.C36H48BrN3O4.C23H53N4.C3H3F6NO4S2.BrH/c1-43(2,3)31-21-11-9-7-5-4-6-8-10-16-26-40(27-17-19-29-41-36(44)32-22-12-13-23-33(32)37(41)45)28-18-20-30-42-38(46)34-24-14-15-25-35(34)39(42)47;37-23-13-7-5-3-1-2-4-6-8-14-24-38(25-15-17-27-39-33(41)29-19-9-10-20-30(29)34(39)42)26-16-18-28-40-35(43)31-21-11-12-22-32(31)36(40)44;1-27(2,3)23-17-11-9-7-5-4-6-8-10-14-20-26(21-15-12-18-24)22-16-13-19-25;1-10(15(11,12)2(4,5)6)16(13,14)3(7,8)9;/h12-15,22-25H,4-11,16-21,26-31H2,1-3H3;9-12,19-22H,1-8,13-18,23-28H2;4-25H2,1-3H3;1H3;1H/q+1;;+1;;. The van der Waals surface area contributed by atoms with Crippen LogP contribution in [-0.4, -0.2) is 288 Å². The summed E-state index contributed by atoms with van der Waals surface area (Å²) in [4.78, 5) is 115. The molecule has 8 amide bonds. The van der Waals surface area contributed by atoms with Crippen molar-refractivity contribution in [2.75, 3.05) is 166 Å². The van der Waals surface area contributed by atoms with Gasteiger partial charge in [0.25, 0.3) is 47.3 Å². The Morgan fingerprint density at radius 2 is 0.430 bits per heavy atom. The van der Waals surface area contributed by atoms with Gasteiger partial charge >= 0.3 is 31.1 Å². The van der Waals surface area contributed by atoms with Crippen molar-refractivity contribution in [3.8, 4) is 0 Å². The summed E-state index contributed by atoms with van der Waals surface area (Å²) in [6.07, 6.45) is 51.6. The monoisotopic (exact) mass is 2070 g/mol. The van der Waals surface area contributed by atoms with Crippen LogP contribution in [0, 0.1) is 0 Å². The highest BCUT2D eigenvalue weighted by Gasteiger charge is 2.60. The second-order valence-electron chi connectivity index (χ2n) is 38.2. The van der Waals surface area contributed by atoms with E-state index in [1.165, 1.54) is 245 Å². The topological polar surface area (TPSA) is 283 Å². The lowest BCUT2D eigenvalue weighted by molar-refractivity contribution is -0.870. The molecule has 4 aromatic carbocycles. The average molecular weight is 2070 g/mol. The molecule has 8 rings (SSSR count). The lowest BCUT2D eigenvalue weighted by Crippen LogP contribution is -2.46. The lowest BCUT2D eigenvalue weighted by Gasteiger charge is -2.23. The lowest BCUT2D eigenvalue weighted by atomic mass is 10.1. The van der Waals surface area contributed by atoms with Gasteiger partial charge in [0.1, 0.15) is 0 Å². The van der Waals surface area contributed by atoms with Crippen LogP contribution in [-0.2, 0) is 20.0 Å². The molecular weight excluding hydrogens is 1910 g/mol. The van der Waals surface area contributed by atoms with E-state index in [4.69, 9.17) is 11.5 Å². The van der Waals surface area contributed by atoms with Gasteiger partial charge in [-0.2, -0.15) is 26.3 Å². The van der Waals surface area contributed by atoms with E-state index >= 15 is 0 Å². The van der Waals surface area contributed by atoms with Gasteiger partial charge in [0.05, 0.1) is 99.9 Å². The van der Waals surface area contributed by atoms with Crippen LogP contribution in [0.25, 0.3) is 0 Å². The summed E-state index contributed by atoms with van der Waals surface area (Å²) in [5.74, 6) is -1.48. The van der Waals surface area contributed by atoms with Gasteiger partial charge in [-0.15, -0.1) is 17.0 Å². The number of fused-ring (bicyclic) bond motifs is 4. The van der Waals surface area contributed by atoms with Gasteiger partial charge in [0.2, 0.25) is 0 Å². The summed E-state index contributed by atoms with van der Waals surface area (Å²) in [5.41, 5.74) is 3.04. The number of sulfonamides is 2. The zero-order valence-electron chi connectivity index (χ0n) is 82.1. The van der Waals surface area contributed by atoms with Gasteiger partial charge in [-0.05, 0) is 249 Å². The van der Waals surface area contributed by atoms with E-state index in [2.05, 4.69) is 72.9 Å². The van der Waals surface area contributed by atoms with Gasteiger partial charge in [0.15, 0.2) is 0 Å². The molecule has 4 heterocycles. The van der Waals surface area contributed by atoms with Crippen LogP contribution in [0.4, 0.5) is 26.3 Å². The fourth-order valence-corrected chi connectivity index (χ4v) is 19.6. The Bertz CT molecular complexity index is 4050. The number of rotatable bonds is 68. The Morgan fingerprint density at radius 3 is 0.593 bits per heavy atom. The molecule has 0 radical (unpaired) electrons. The third-order valence-electron chi connectivity index (χ3n) is 25.0. The third-order valence-corrected chi connectivity index (χ3v) is 29.3. The Labute approximate surface area is 823 Å². The van der Waals surface area contributed by atoms with Crippen molar-refractivity contribution < 1.29 is 90.5 Å². The number of nitrogens with two attached hydrogens (primary N) is 2. The molecule has 0 aromatic heterocycles. The Hall–Kier alpha value is -6.44. The van der Waals surface area contributed by atoms with Crippen molar-refractivity contribution in [1.82, 2.24) is 38.0 Å². The number of quaternary nitrogens is 2. The molecule has 0 saturated heterocycles. The first-order valence-electron chi connectivity index (χ1n) is 49.8. The normalized spacial score (nSPS) is 14.0. The number of halogens is 8. The summed E-state index contributed by atoms with van der Waals surface area (Å²) in [6.45, 7) is 15.4. The summed E-state index contributed by atoms with van der Waals surface area (Å²) in [7, 11) is 0.131. The maximum Gasteiger partial charge on any atom is 0.512 e. The molecule has 24 nitrogen and oxygen atoms in total. The van der Waals surface area contributed by atoms with Crippen LogP contribution in [0.3, 0.4) is 0 Å². The molecule has 135 heavy (non-hydrogen) atoms.